The predicted octanol–water partition coefficient (Wildman–Crippen LogP) is 3.58. The second kappa shape index (κ2) is 7.16. The third-order valence-corrected chi connectivity index (χ3v) is 5.89. The first-order valence-corrected chi connectivity index (χ1v) is 9.56. The molecule has 1 heterocycles. The summed E-state index contributed by atoms with van der Waals surface area (Å²) in [5.74, 6) is 0.0562. The van der Waals surface area contributed by atoms with Crippen molar-refractivity contribution in [3.05, 3.63) is 59.7 Å². The lowest BCUT2D eigenvalue weighted by Crippen LogP contribution is -2.31. The number of hydrogen-bond donors (Lipinski definition) is 3. The van der Waals surface area contributed by atoms with Crippen LogP contribution in [0.1, 0.15) is 35.2 Å². The van der Waals surface area contributed by atoms with E-state index in [0.29, 0.717) is 11.3 Å². The number of benzene rings is 2. The molecular formula is C22H25N3O2. The quantitative estimate of drug-likeness (QED) is 0.778. The van der Waals surface area contributed by atoms with Gasteiger partial charge >= 0.3 is 0 Å². The summed E-state index contributed by atoms with van der Waals surface area (Å²) in [4.78, 5) is 25.1. The Morgan fingerprint density at radius 3 is 2.52 bits per heavy atom. The maximum absolute atomic E-state index is 12.7. The van der Waals surface area contributed by atoms with E-state index in [1.54, 1.807) is 12.1 Å². The van der Waals surface area contributed by atoms with Gasteiger partial charge in [0, 0.05) is 22.9 Å². The Kier molecular flexibility index (Phi) is 4.70. The molecule has 1 atom stereocenters. The van der Waals surface area contributed by atoms with Gasteiger partial charge in [-0.3, -0.25) is 9.59 Å². The van der Waals surface area contributed by atoms with E-state index in [-0.39, 0.29) is 23.1 Å². The fourth-order valence-corrected chi connectivity index (χ4v) is 4.04. The van der Waals surface area contributed by atoms with Crippen molar-refractivity contribution in [1.29, 1.82) is 0 Å². The van der Waals surface area contributed by atoms with Crippen LogP contribution in [0.5, 0.6) is 0 Å². The topological polar surface area (TPSA) is 70.2 Å². The van der Waals surface area contributed by atoms with Gasteiger partial charge in [0.1, 0.15) is 0 Å². The molecule has 0 radical (unpaired) electrons. The van der Waals surface area contributed by atoms with E-state index in [0.717, 1.165) is 43.6 Å². The van der Waals surface area contributed by atoms with Crippen molar-refractivity contribution < 1.29 is 9.59 Å². The van der Waals surface area contributed by atoms with E-state index in [9.17, 15) is 9.59 Å². The Morgan fingerprint density at radius 1 is 1.04 bits per heavy atom. The van der Waals surface area contributed by atoms with Crippen molar-refractivity contribution in [2.45, 2.75) is 26.2 Å². The molecule has 140 valence electrons. The molecule has 0 aromatic heterocycles. The molecule has 5 heteroatoms. The maximum Gasteiger partial charge on any atom is 0.255 e. The summed E-state index contributed by atoms with van der Waals surface area (Å²) in [7, 11) is 0. The van der Waals surface area contributed by atoms with Crippen molar-refractivity contribution in [3.8, 4) is 0 Å². The van der Waals surface area contributed by atoms with Crippen molar-refractivity contribution in [3.63, 3.8) is 0 Å². The molecule has 1 saturated carbocycles. The summed E-state index contributed by atoms with van der Waals surface area (Å²) in [6, 6.07) is 14.7. The summed E-state index contributed by atoms with van der Waals surface area (Å²) < 4.78 is 0. The Labute approximate surface area is 159 Å². The number of carbonyl (C=O) groups is 2. The minimum absolute atomic E-state index is 0.103. The van der Waals surface area contributed by atoms with Crippen LogP contribution in [0.3, 0.4) is 0 Å². The van der Waals surface area contributed by atoms with Crippen LogP contribution < -0.4 is 16.0 Å². The number of anilines is 2. The molecule has 1 aliphatic heterocycles. The van der Waals surface area contributed by atoms with Crippen LogP contribution >= 0.6 is 0 Å². The standard InChI is InChI=1S/C22H25N3O2/c1-15-7-8-17(24-20(26)16-5-3-2-4-6-16)13-19(15)25-21(27)18-14-22(18)9-11-23-12-10-22/h2-8,13,18,23H,9-12,14H2,1H3,(H,24,26)(H,25,27). The van der Waals surface area contributed by atoms with E-state index < -0.39 is 0 Å². The van der Waals surface area contributed by atoms with Gasteiger partial charge in [-0.1, -0.05) is 24.3 Å². The average Bonchev–Trinajstić information content (AvgIpc) is 3.38. The molecular weight excluding hydrogens is 338 g/mol. The molecule has 0 bridgehead atoms. The predicted molar refractivity (Wildman–Crippen MR) is 107 cm³/mol. The zero-order valence-electron chi connectivity index (χ0n) is 15.5. The third-order valence-electron chi connectivity index (χ3n) is 5.89. The van der Waals surface area contributed by atoms with E-state index >= 15 is 0 Å². The third kappa shape index (κ3) is 3.74. The van der Waals surface area contributed by atoms with Crippen molar-refractivity contribution in [2.75, 3.05) is 23.7 Å². The number of carbonyl (C=O) groups excluding carboxylic acids is 2. The Hall–Kier alpha value is -2.66. The molecule has 1 aliphatic carbocycles. The minimum Gasteiger partial charge on any atom is -0.326 e. The number of piperidine rings is 1. The molecule has 1 unspecified atom stereocenters. The van der Waals surface area contributed by atoms with Gasteiger partial charge in [-0.05, 0) is 74.5 Å². The van der Waals surface area contributed by atoms with Gasteiger partial charge in [0.2, 0.25) is 5.91 Å². The summed E-state index contributed by atoms with van der Waals surface area (Å²) in [5.41, 5.74) is 3.25. The monoisotopic (exact) mass is 363 g/mol. The smallest absolute Gasteiger partial charge is 0.255 e. The van der Waals surface area contributed by atoms with Crippen LogP contribution in [0, 0.1) is 18.3 Å². The van der Waals surface area contributed by atoms with Crippen molar-refractivity contribution in [2.24, 2.45) is 11.3 Å². The van der Waals surface area contributed by atoms with Crippen LogP contribution in [0.15, 0.2) is 48.5 Å². The van der Waals surface area contributed by atoms with E-state index in [2.05, 4.69) is 16.0 Å². The highest BCUT2D eigenvalue weighted by atomic mass is 16.2. The summed E-state index contributed by atoms with van der Waals surface area (Å²) >= 11 is 0. The van der Waals surface area contributed by atoms with Gasteiger partial charge in [-0.25, -0.2) is 0 Å². The molecule has 2 amide bonds. The second-order valence-corrected chi connectivity index (χ2v) is 7.71. The fraction of sp³-hybridized carbons (Fsp3) is 0.364. The lowest BCUT2D eigenvalue weighted by Gasteiger charge is -2.23. The Bertz CT molecular complexity index is 857. The molecule has 1 spiro atoms. The number of amides is 2. The number of hydrogen-bond acceptors (Lipinski definition) is 3. The lowest BCUT2D eigenvalue weighted by molar-refractivity contribution is -0.118. The second-order valence-electron chi connectivity index (χ2n) is 7.71. The molecule has 2 aromatic rings. The molecule has 5 nitrogen and oxygen atoms in total. The van der Waals surface area contributed by atoms with Gasteiger partial charge in [-0.2, -0.15) is 0 Å². The van der Waals surface area contributed by atoms with Crippen molar-refractivity contribution >= 4 is 23.2 Å². The van der Waals surface area contributed by atoms with Gasteiger partial charge < -0.3 is 16.0 Å². The van der Waals surface area contributed by atoms with Crippen LogP contribution in [0.25, 0.3) is 0 Å². The van der Waals surface area contributed by atoms with Gasteiger partial charge in [0.25, 0.3) is 5.91 Å². The normalized spacial score (nSPS) is 20.1. The molecule has 2 aliphatic rings. The number of rotatable bonds is 4. The highest BCUT2D eigenvalue weighted by Gasteiger charge is 2.57. The zero-order chi connectivity index (χ0) is 18.9. The maximum atomic E-state index is 12.7. The largest absolute Gasteiger partial charge is 0.326 e. The van der Waals surface area contributed by atoms with Gasteiger partial charge in [0.15, 0.2) is 0 Å². The van der Waals surface area contributed by atoms with Gasteiger partial charge in [-0.15, -0.1) is 0 Å². The minimum atomic E-state index is -0.160. The first-order chi connectivity index (χ1) is 13.1. The highest BCUT2D eigenvalue weighted by Crippen LogP contribution is 2.58. The van der Waals surface area contributed by atoms with Crippen molar-refractivity contribution in [1.82, 2.24) is 5.32 Å². The number of aryl methyl sites for hydroxylation is 1. The van der Waals surface area contributed by atoms with Crippen LogP contribution in [-0.4, -0.2) is 24.9 Å². The summed E-state index contributed by atoms with van der Waals surface area (Å²) in [5, 5.41) is 9.35. The first-order valence-electron chi connectivity index (χ1n) is 9.56. The first kappa shape index (κ1) is 17.7. The average molecular weight is 363 g/mol. The van der Waals surface area contributed by atoms with E-state index in [4.69, 9.17) is 0 Å². The van der Waals surface area contributed by atoms with Crippen LogP contribution in [0.4, 0.5) is 11.4 Å². The Morgan fingerprint density at radius 2 is 1.78 bits per heavy atom. The lowest BCUT2D eigenvalue weighted by atomic mass is 9.91. The molecule has 4 rings (SSSR count). The molecule has 27 heavy (non-hydrogen) atoms. The SMILES string of the molecule is Cc1ccc(NC(=O)c2ccccc2)cc1NC(=O)C1CC12CCNCC2. The summed E-state index contributed by atoms with van der Waals surface area (Å²) in [6.45, 7) is 3.97. The summed E-state index contributed by atoms with van der Waals surface area (Å²) in [6.07, 6.45) is 3.15. The van der Waals surface area contributed by atoms with E-state index in [1.807, 2.05) is 43.3 Å². The van der Waals surface area contributed by atoms with Crippen LogP contribution in [-0.2, 0) is 4.79 Å². The van der Waals surface area contributed by atoms with E-state index in [1.165, 1.54) is 0 Å². The highest BCUT2D eigenvalue weighted by molar-refractivity contribution is 6.05. The molecule has 2 fully saturated rings. The molecule has 3 N–H and O–H groups in total. The Balaban J connectivity index is 1.43. The van der Waals surface area contributed by atoms with Gasteiger partial charge in [0.05, 0.1) is 0 Å². The number of nitrogens with one attached hydrogen (secondary N) is 3. The van der Waals surface area contributed by atoms with Crippen LogP contribution in [0.2, 0.25) is 0 Å². The molecule has 1 saturated heterocycles. The zero-order valence-corrected chi connectivity index (χ0v) is 15.5. The fourth-order valence-electron chi connectivity index (χ4n) is 4.04. The molecule has 2 aromatic carbocycles.